The summed E-state index contributed by atoms with van der Waals surface area (Å²) in [5, 5.41) is 5.63. The first kappa shape index (κ1) is 17.6. The number of benzene rings is 1. The van der Waals surface area contributed by atoms with Crippen molar-refractivity contribution < 1.29 is 9.59 Å². The summed E-state index contributed by atoms with van der Waals surface area (Å²) in [6.45, 7) is 0.298. The van der Waals surface area contributed by atoms with Gasteiger partial charge in [-0.2, -0.15) is 0 Å². The molecule has 1 aliphatic rings. The molecular weight excluding hydrogens is 384 g/mol. The average molecular weight is 399 g/mol. The van der Waals surface area contributed by atoms with Gasteiger partial charge in [-0.05, 0) is 24.3 Å². The summed E-state index contributed by atoms with van der Waals surface area (Å²) in [4.78, 5) is 35.2. The maximum atomic E-state index is 12.6. The van der Waals surface area contributed by atoms with Gasteiger partial charge in [-0.15, -0.1) is 11.3 Å². The number of hydrogen-bond acceptors (Lipinski definition) is 5. The van der Waals surface area contributed by atoms with E-state index in [1.165, 1.54) is 11.3 Å². The highest BCUT2D eigenvalue weighted by Gasteiger charge is 2.36. The summed E-state index contributed by atoms with van der Waals surface area (Å²) < 4.78 is 0. The van der Waals surface area contributed by atoms with Crippen molar-refractivity contribution in [3.05, 3.63) is 59.1 Å². The Kier molecular flexibility index (Phi) is 4.87. The number of amides is 2. The minimum atomic E-state index is -0.448. The van der Waals surface area contributed by atoms with Gasteiger partial charge < -0.3 is 10.2 Å². The number of carbonyl (C=O) groups is 2. The molecule has 1 N–H and O–H groups in total. The SMILES string of the molecule is O=C(Nc1nc(-c2ccccn2)cs1)[C@@H]1CC(=O)N(c2ccccc2Cl)C1. The molecule has 6 nitrogen and oxygen atoms in total. The first-order chi connectivity index (χ1) is 13.1. The number of nitrogens with zero attached hydrogens (tertiary/aromatic N) is 3. The number of pyridine rings is 1. The van der Waals surface area contributed by atoms with E-state index >= 15 is 0 Å². The van der Waals surface area contributed by atoms with E-state index in [4.69, 9.17) is 11.6 Å². The van der Waals surface area contributed by atoms with Crippen LogP contribution in [0.15, 0.2) is 54.0 Å². The molecule has 136 valence electrons. The predicted molar refractivity (Wildman–Crippen MR) is 106 cm³/mol. The fourth-order valence-corrected chi connectivity index (χ4v) is 3.90. The molecule has 27 heavy (non-hydrogen) atoms. The molecule has 1 aromatic carbocycles. The van der Waals surface area contributed by atoms with Gasteiger partial charge in [-0.1, -0.05) is 29.8 Å². The second-order valence-corrected chi connectivity index (χ2v) is 7.36. The molecule has 4 rings (SSSR count). The molecule has 0 aliphatic carbocycles. The molecule has 1 fully saturated rings. The monoisotopic (exact) mass is 398 g/mol. The van der Waals surface area contributed by atoms with Crippen LogP contribution in [0.2, 0.25) is 5.02 Å². The summed E-state index contributed by atoms with van der Waals surface area (Å²) in [6.07, 6.45) is 1.84. The molecule has 1 aliphatic heterocycles. The van der Waals surface area contributed by atoms with E-state index in [-0.39, 0.29) is 18.2 Å². The minimum absolute atomic E-state index is 0.114. The zero-order chi connectivity index (χ0) is 18.8. The van der Waals surface area contributed by atoms with Crippen molar-refractivity contribution in [2.75, 3.05) is 16.8 Å². The number of aromatic nitrogens is 2. The molecule has 2 aromatic heterocycles. The fourth-order valence-electron chi connectivity index (χ4n) is 2.96. The number of nitrogens with one attached hydrogen (secondary N) is 1. The summed E-state index contributed by atoms with van der Waals surface area (Å²) in [5.41, 5.74) is 2.08. The third kappa shape index (κ3) is 3.70. The fraction of sp³-hybridized carbons (Fsp3) is 0.158. The van der Waals surface area contributed by atoms with Crippen LogP contribution in [0.4, 0.5) is 10.8 Å². The van der Waals surface area contributed by atoms with Gasteiger partial charge in [0.15, 0.2) is 5.13 Å². The highest BCUT2D eigenvalue weighted by Crippen LogP contribution is 2.32. The van der Waals surface area contributed by atoms with E-state index in [9.17, 15) is 9.59 Å². The normalized spacial score (nSPS) is 16.6. The molecule has 0 bridgehead atoms. The van der Waals surface area contributed by atoms with Crippen LogP contribution in [0, 0.1) is 5.92 Å². The third-order valence-corrected chi connectivity index (χ3v) is 5.38. The van der Waals surface area contributed by atoms with Crippen molar-refractivity contribution in [3.63, 3.8) is 0 Å². The Morgan fingerprint density at radius 1 is 1.19 bits per heavy atom. The molecule has 0 unspecified atom stereocenters. The number of carbonyl (C=O) groups excluding carboxylic acids is 2. The number of thiazole rings is 1. The van der Waals surface area contributed by atoms with E-state index in [1.54, 1.807) is 29.3 Å². The Balaban J connectivity index is 1.45. The lowest BCUT2D eigenvalue weighted by molar-refractivity contribution is -0.122. The standard InChI is InChI=1S/C19H15ClN4O2S/c20-13-5-1-2-7-16(13)24-10-12(9-17(24)25)18(26)23-19-22-15(11-27-19)14-6-3-4-8-21-14/h1-8,11-12H,9-10H2,(H,22,23,26)/t12-/m1/s1. The molecule has 0 spiro atoms. The molecular formula is C19H15ClN4O2S. The second kappa shape index (κ2) is 7.46. The van der Waals surface area contributed by atoms with Crippen LogP contribution in [0.25, 0.3) is 11.4 Å². The number of rotatable bonds is 4. The Labute approximate surface area is 164 Å². The van der Waals surface area contributed by atoms with Crippen LogP contribution in [-0.4, -0.2) is 28.3 Å². The molecule has 3 aromatic rings. The number of hydrogen-bond donors (Lipinski definition) is 1. The smallest absolute Gasteiger partial charge is 0.231 e. The van der Waals surface area contributed by atoms with Crippen molar-refractivity contribution in [1.82, 2.24) is 9.97 Å². The van der Waals surface area contributed by atoms with Gasteiger partial charge in [-0.25, -0.2) is 4.98 Å². The maximum Gasteiger partial charge on any atom is 0.231 e. The Morgan fingerprint density at radius 2 is 2.00 bits per heavy atom. The van der Waals surface area contributed by atoms with Crippen LogP contribution in [0.1, 0.15) is 6.42 Å². The van der Waals surface area contributed by atoms with Crippen molar-refractivity contribution >= 4 is 45.6 Å². The summed E-state index contributed by atoms with van der Waals surface area (Å²) in [7, 11) is 0. The van der Waals surface area contributed by atoms with E-state index in [1.807, 2.05) is 29.6 Å². The van der Waals surface area contributed by atoms with E-state index in [0.29, 0.717) is 28.1 Å². The predicted octanol–water partition coefficient (Wildman–Crippen LogP) is 3.85. The molecule has 0 saturated carbocycles. The van der Waals surface area contributed by atoms with Crippen LogP contribution >= 0.6 is 22.9 Å². The van der Waals surface area contributed by atoms with E-state index < -0.39 is 5.92 Å². The van der Waals surface area contributed by atoms with Gasteiger partial charge in [0.2, 0.25) is 11.8 Å². The highest BCUT2D eigenvalue weighted by atomic mass is 35.5. The zero-order valence-corrected chi connectivity index (χ0v) is 15.7. The van der Waals surface area contributed by atoms with Crippen molar-refractivity contribution in [2.45, 2.75) is 6.42 Å². The summed E-state index contributed by atoms with van der Waals surface area (Å²) in [5.74, 6) is -0.785. The van der Waals surface area contributed by atoms with Gasteiger partial charge in [0.1, 0.15) is 5.69 Å². The Morgan fingerprint density at radius 3 is 2.78 bits per heavy atom. The van der Waals surface area contributed by atoms with Gasteiger partial charge in [0.05, 0.1) is 22.3 Å². The Hall–Kier alpha value is -2.77. The lowest BCUT2D eigenvalue weighted by Crippen LogP contribution is -2.28. The van der Waals surface area contributed by atoms with Gasteiger partial charge in [-0.3, -0.25) is 14.6 Å². The number of halogens is 1. The van der Waals surface area contributed by atoms with Crippen molar-refractivity contribution in [1.29, 1.82) is 0 Å². The molecule has 1 saturated heterocycles. The van der Waals surface area contributed by atoms with Crippen LogP contribution in [0.3, 0.4) is 0 Å². The topological polar surface area (TPSA) is 75.2 Å². The molecule has 1 atom stereocenters. The highest BCUT2D eigenvalue weighted by molar-refractivity contribution is 7.14. The van der Waals surface area contributed by atoms with Crippen LogP contribution in [-0.2, 0) is 9.59 Å². The van der Waals surface area contributed by atoms with Crippen LogP contribution in [0.5, 0.6) is 0 Å². The molecule has 8 heteroatoms. The maximum absolute atomic E-state index is 12.6. The van der Waals surface area contributed by atoms with E-state index in [2.05, 4.69) is 15.3 Å². The number of para-hydroxylation sites is 1. The summed E-state index contributed by atoms with van der Waals surface area (Å²) in [6, 6.07) is 12.7. The first-order valence-electron chi connectivity index (χ1n) is 8.34. The van der Waals surface area contributed by atoms with Crippen LogP contribution < -0.4 is 10.2 Å². The molecule has 3 heterocycles. The second-order valence-electron chi connectivity index (χ2n) is 6.10. The van der Waals surface area contributed by atoms with E-state index in [0.717, 1.165) is 5.69 Å². The van der Waals surface area contributed by atoms with Gasteiger partial charge in [0, 0.05) is 24.5 Å². The molecule has 0 radical (unpaired) electrons. The zero-order valence-electron chi connectivity index (χ0n) is 14.1. The van der Waals surface area contributed by atoms with Crippen molar-refractivity contribution in [2.24, 2.45) is 5.92 Å². The quantitative estimate of drug-likeness (QED) is 0.724. The molecule has 2 amide bonds. The average Bonchev–Trinajstić information content (AvgIpc) is 3.30. The Bertz CT molecular complexity index is 992. The largest absolute Gasteiger partial charge is 0.310 e. The minimum Gasteiger partial charge on any atom is -0.310 e. The van der Waals surface area contributed by atoms with Gasteiger partial charge >= 0.3 is 0 Å². The van der Waals surface area contributed by atoms with Gasteiger partial charge in [0.25, 0.3) is 0 Å². The number of anilines is 2. The first-order valence-corrected chi connectivity index (χ1v) is 9.60. The summed E-state index contributed by atoms with van der Waals surface area (Å²) >= 11 is 7.51. The third-order valence-electron chi connectivity index (χ3n) is 4.30. The van der Waals surface area contributed by atoms with Crippen molar-refractivity contribution in [3.8, 4) is 11.4 Å². The lowest BCUT2D eigenvalue weighted by Gasteiger charge is -2.17. The lowest BCUT2D eigenvalue weighted by atomic mass is 10.1.